The van der Waals surface area contributed by atoms with E-state index in [4.69, 9.17) is 0 Å². The third-order valence-corrected chi connectivity index (χ3v) is 8.08. The molecule has 6 nitrogen and oxygen atoms in total. The number of aromatic nitrogens is 2. The molecule has 0 fully saturated rings. The summed E-state index contributed by atoms with van der Waals surface area (Å²) < 4.78 is 2.08. The highest BCUT2D eigenvalue weighted by Crippen LogP contribution is 2.31. The van der Waals surface area contributed by atoms with Gasteiger partial charge in [0.25, 0.3) is 0 Å². The summed E-state index contributed by atoms with van der Waals surface area (Å²) in [6.07, 6.45) is 2.64. The predicted octanol–water partition coefficient (Wildman–Crippen LogP) is 5.40. The minimum absolute atomic E-state index is 0.144. The van der Waals surface area contributed by atoms with E-state index in [0.717, 1.165) is 32.4 Å². The first-order valence-corrected chi connectivity index (χ1v) is 13.7. The van der Waals surface area contributed by atoms with Crippen LogP contribution < -0.4 is 10.6 Å². The lowest BCUT2D eigenvalue weighted by Gasteiger charge is -2.06. The SMILES string of the molecule is O=C(CSCC(=O)Nc1ccccn1)Nc1ccc2nc(SCCc3ccsc3)sc2c1. The number of amides is 2. The van der Waals surface area contributed by atoms with Crippen molar-refractivity contribution in [3.05, 3.63) is 65.0 Å². The number of carbonyl (C=O) groups excluding carboxylic acids is 2. The molecular weight excluding hydrogens is 481 g/mol. The topological polar surface area (TPSA) is 84.0 Å². The van der Waals surface area contributed by atoms with Crippen LogP contribution in [0.2, 0.25) is 0 Å². The second-order valence-electron chi connectivity index (χ2n) is 6.70. The lowest BCUT2D eigenvalue weighted by Crippen LogP contribution is -2.18. The van der Waals surface area contributed by atoms with Crippen LogP contribution in [-0.4, -0.2) is 39.0 Å². The molecule has 32 heavy (non-hydrogen) atoms. The van der Waals surface area contributed by atoms with Gasteiger partial charge in [-0.15, -0.1) is 23.1 Å². The highest BCUT2D eigenvalue weighted by atomic mass is 32.2. The molecule has 0 unspecified atom stereocenters. The van der Waals surface area contributed by atoms with Crippen LogP contribution in [-0.2, 0) is 16.0 Å². The van der Waals surface area contributed by atoms with Gasteiger partial charge in [-0.3, -0.25) is 9.59 Å². The van der Waals surface area contributed by atoms with Gasteiger partial charge >= 0.3 is 0 Å². The van der Waals surface area contributed by atoms with Crippen molar-refractivity contribution in [3.63, 3.8) is 0 Å². The van der Waals surface area contributed by atoms with Crippen LogP contribution in [0.3, 0.4) is 0 Å². The number of benzene rings is 1. The van der Waals surface area contributed by atoms with Gasteiger partial charge in [-0.25, -0.2) is 9.97 Å². The Bertz CT molecular complexity index is 1180. The van der Waals surface area contributed by atoms with Gasteiger partial charge < -0.3 is 10.6 Å². The Kier molecular flexibility index (Phi) is 8.16. The molecule has 0 bridgehead atoms. The van der Waals surface area contributed by atoms with Crippen molar-refractivity contribution < 1.29 is 9.59 Å². The summed E-state index contributed by atoms with van der Waals surface area (Å²) in [5.41, 5.74) is 3.03. The maximum atomic E-state index is 12.3. The molecule has 2 amide bonds. The summed E-state index contributed by atoms with van der Waals surface area (Å²) in [6.45, 7) is 0. The third-order valence-electron chi connectivity index (χ3n) is 4.25. The second kappa shape index (κ2) is 11.5. The molecule has 0 atom stereocenters. The largest absolute Gasteiger partial charge is 0.325 e. The van der Waals surface area contributed by atoms with Crippen LogP contribution >= 0.6 is 46.2 Å². The summed E-state index contributed by atoms with van der Waals surface area (Å²) >= 11 is 6.38. The lowest BCUT2D eigenvalue weighted by molar-refractivity contribution is -0.114. The Balaban J connectivity index is 1.22. The van der Waals surface area contributed by atoms with E-state index in [2.05, 4.69) is 37.4 Å². The molecule has 2 N–H and O–H groups in total. The van der Waals surface area contributed by atoms with Crippen LogP contribution in [0, 0.1) is 0 Å². The van der Waals surface area contributed by atoms with Gasteiger partial charge in [-0.2, -0.15) is 11.3 Å². The number of nitrogens with zero attached hydrogens (tertiary/aromatic N) is 2. The van der Waals surface area contributed by atoms with E-state index in [9.17, 15) is 9.59 Å². The van der Waals surface area contributed by atoms with Gasteiger partial charge in [0, 0.05) is 17.6 Å². The number of fused-ring (bicyclic) bond motifs is 1. The number of anilines is 2. The number of rotatable bonds is 10. The summed E-state index contributed by atoms with van der Waals surface area (Å²) in [5.74, 6) is 1.55. The molecule has 3 aromatic heterocycles. The monoisotopic (exact) mass is 500 g/mol. The third kappa shape index (κ3) is 6.80. The Morgan fingerprint density at radius 3 is 2.69 bits per heavy atom. The second-order valence-corrected chi connectivity index (χ2v) is 10.8. The van der Waals surface area contributed by atoms with Crippen molar-refractivity contribution in [1.82, 2.24) is 9.97 Å². The summed E-state index contributed by atoms with van der Waals surface area (Å²) in [7, 11) is 0. The molecule has 4 rings (SSSR count). The van der Waals surface area contributed by atoms with Crippen molar-refractivity contribution in [2.24, 2.45) is 0 Å². The molecule has 0 aliphatic rings. The maximum Gasteiger partial charge on any atom is 0.235 e. The molecule has 164 valence electrons. The van der Waals surface area contributed by atoms with Gasteiger partial charge in [0.2, 0.25) is 11.8 Å². The Morgan fingerprint density at radius 1 is 1.03 bits per heavy atom. The Morgan fingerprint density at radius 2 is 1.91 bits per heavy atom. The lowest BCUT2D eigenvalue weighted by atomic mass is 10.3. The van der Waals surface area contributed by atoms with Crippen molar-refractivity contribution in [2.75, 3.05) is 27.9 Å². The zero-order valence-corrected chi connectivity index (χ0v) is 20.2. The maximum absolute atomic E-state index is 12.3. The van der Waals surface area contributed by atoms with Crippen LogP contribution in [0.25, 0.3) is 10.2 Å². The molecule has 4 aromatic rings. The first-order valence-electron chi connectivity index (χ1n) is 9.79. The minimum Gasteiger partial charge on any atom is -0.325 e. The van der Waals surface area contributed by atoms with E-state index < -0.39 is 0 Å². The van der Waals surface area contributed by atoms with Crippen molar-refractivity contribution >= 4 is 79.7 Å². The number of hydrogen-bond donors (Lipinski definition) is 2. The number of aryl methyl sites for hydroxylation is 1. The molecule has 0 aliphatic heterocycles. The number of thiazole rings is 1. The number of pyridine rings is 1. The highest BCUT2D eigenvalue weighted by molar-refractivity contribution is 8.01. The number of thiophene rings is 1. The van der Waals surface area contributed by atoms with E-state index in [1.165, 1.54) is 17.3 Å². The fourth-order valence-corrected chi connectivity index (χ4v) is 6.27. The predicted molar refractivity (Wildman–Crippen MR) is 137 cm³/mol. The van der Waals surface area contributed by atoms with Gasteiger partial charge in [0.15, 0.2) is 4.34 Å². The van der Waals surface area contributed by atoms with E-state index in [0.29, 0.717) is 5.82 Å². The fourth-order valence-electron chi connectivity index (χ4n) is 2.78. The number of carbonyl (C=O) groups is 2. The van der Waals surface area contributed by atoms with E-state index in [1.54, 1.807) is 58.8 Å². The van der Waals surface area contributed by atoms with Crippen molar-refractivity contribution in [3.8, 4) is 0 Å². The van der Waals surface area contributed by atoms with Crippen LogP contribution in [0.1, 0.15) is 5.56 Å². The molecule has 1 aromatic carbocycles. The number of hydrogen-bond acceptors (Lipinski definition) is 8. The summed E-state index contributed by atoms with van der Waals surface area (Å²) in [5, 5.41) is 9.88. The molecule has 0 saturated heterocycles. The standard InChI is InChI=1S/C22H20N4O2S4/c27-20(13-30-14-21(28)26-19-3-1-2-8-23-19)24-16-4-5-17-18(11-16)32-22(25-17)31-10-7-15-6-9-29-12-15/h1-6,8-9,11-12H,7,10,13-14H2,(H,24,27)(H,23,26,28). The van der Waals surface area contributed by atoms with E-state index in [-0.39, 0.29) is 23.3 Å². The van der Waals surface area contributed by atoms with Gasteiger partial charge in [0.1, 0.15) is 5.82 Å². The van der Waals surface area contributed by atoms with Crippen molar-refractivity contribution in [2.45, 2.75) is 10.8 Å². The molecule has 10 heteroatoms. The minimum atomic E-state index is -0.184. The average Bonchev–Trinajstić information content (AvgIpc) is 3.44. The Hall–Kier alpha value is -2.40. The smallest absolute Gasteiger partial charge is 0.235 e. The average molecular weight is 501 g/mol. The van der Waals surface area contributed by atoms with E-state index in [1.807, 2.05) is 18.2 Å². The van der Waals surface area contributed by atoms with E-state index >= 15 is 0 Å². The highest BCUT2D eigenvalue weighted by Gasteiger charge is 2.09. The Labute approximate surface area is 202 Å². The summed E-state index contributed by atoms with van der Waals surface area (Å²) in [6, 6.07) is 13.2. The van der Waals surface area contributed by atoms with Gasteiger partial charge in [-0.05, 0) is 59.1 Å². The molecule has 0 spiro atoms. The van der Waals surface area contributed by atoms with Gasteiger partial charge in [-0.1, -0.05) is 17.8 Å². The first-order chi connectivity index (χ1) is 15.7. The molecular formula is C22H20N4O2S4. The number of nitrogens with one attached hydrogen (secondary N) is 2. The molecule has 3 heterocycles. The van der Waals surface area contributed by atoms with Crippen LogP contribution in [0.4, 0.5) is 11.5 Å². The zero-order valence-electron chi connectivity index (χ0n) is 16.9. The zero-order chi connectivity index (χ0) is 22.2. The molecule has 0 saturated carbocycles. The normalized spacial score (nSPS) is 10.9. The summed E-state index contributed by atoms with van der Waals surface area (Å²) in [4.78, 5) is 32.9. The van der Waals surface area contributed by atoms with Gasteiger partial charge in [0.05, 0.1) is 21.7 Å². The first kappa shape index (κ1) is 22.8. The van der Waals surface area contributed by atoms with Crippen LogP contribution in [0.5, 0.6) is 0 Å². The van der Waals surface area contributed by atoms with Crippen molar-refractivity contribution in [1.29, 1.82) is 0 Å². The fraction of sp³-hybridized carbons (Fsp3) is 0.182. The molecule has 0 radical (unpaired) electrons. The quantitative estimate of drug-likeness (QED) is 0.284. The number of thioether (sulfide) groups is 2. The van der Waals surface area contributed by atoms with Crippen LogP contribution in [0.15, 0.2) is 63.8 Å². The molecule has 0 aliphatic carbocycles.